The zero-order valence-electron chi connectivity index (χ0n) is 8.79. The van der Waals surface area contributed by atoms with Crippen molar-refractivity contribution in [3.8, 4) is 0 Å². The van der Waals surface area contributed by atoms with Crippen LogP contribution in [0.2, 0.25) is 0 Å². The van der Waals surface area contributed by atoms with Gasteiger partial charge in [-0.05, 0) is 36.0 Å². The van der Waals surface area contributed by atoms with E-state index in [2.05, 4.69) is 41.8 Å². The molecule has 0 aliphatic rings. The van der Waals surface area contributed by atoms with Gasteiger partial charge >= 0.3 is 0 Å². The second-order valence-electron chi connectivity index (χ2n) is 3.41. The molecule has 0 aliphatic carbocycles. The molecule has 80 valence electrons. The average Bonchev–Trinajstić information content (AvgIpc) is 2.51. The monoisotopic (exact) mass is 268 g/mol. The van der Waals surface area contributed by atoms with Gasteiger partial charge in [-0.25, -0.2) is 9.97 Å². The number of rotatable bonds is 3. The van der Waals surface area contributed by atoms with E-state index in [9.17, 15) is 0 Å². The molecular formula is C10H13BrN4. The Morgan fingerprint density at radius 3 is 3.07 bits per heavy atom. The fraction of sp³-hybridized carbons (Fsp3) is 0.400. The number of hydrogen-bond donors (Lipinski definition) is 1. The SMILES string of the molecule is CNCCn1c(C)nc2ncc(Br)cc21. The fourth-order valence-electron chi connectivity index (χ4n) is 1.60. The van der Waals surface area contributed by atoms with Crippen LogP contribution < -0.4 is 5.32 Å². The third-order valence-corrected chi connectivity index (χ3v) is 2.78. The molecule has 0 saturated heterocycles. The first-order chi connectivity index (χ1) is 7.22. The van der Waals surface area contributed by atoms with Crippen LogP contribution in [0.25, 0.3) is 11.2 Å². The van der Waals surface area contributed by atoms with Gasteiger partial charge in [0, 0.05) is 23.8 Å². The highest BCUT2D eigenvalue weighted by molar-refractivity contribution is 9.10. The highest BCUT2D eigenvalue weighted by Gasteiger charge is 2.07. The van der Waals surface area contributed by atoms with Crippen LogP contribution in [0, 0.1) is 6.92 Å². The third-order valence-electron chi connectivity index (χ3n) is 2.35. The maximum atomic E-state index is 4.41. The quantitative estimate of drug-likeness (QED) is 0.922. The van der Waals surface area contributed by atoms with E-state index in [1.165, 1.54) is 0 Å². The van der Waals surface area contributed by atoms with E-state index in [1.54, 1.807) is 6.20 Å². The Kier molecular flexibility index (Phi) is 3.02. The fourth-order valence-corrected chi connectivity index (χ4v) is 1.92. The van der Waals surface area contributed by atoms with Crippen molar-refractivity contribution in [2.75, 3.05) is 13.6 Å². The first-order valence-electron chi connectivity index (χ1n) is 4.85. The third kappa shape index (κ3) is 2.03. The molecule has 0 spiro atoms. The molecule has 0 saturated carbocycles. The minimum absolute atomic E-state index is 0.812. The van der Waals surface area contributed by atoms with Gasteiger partial charge in [-0.15, -0.1) is 0 Å². The van der Waals surface area contributed by atoms with E-state index in [1.807, 2.05) is 14.0 Å². The molecule has 15 heavy (non-hydrogen) atoms. The van der Waals surface area contributed by atoms with Gasteiger partial charge in [0.25, 0.3) is 0 Å². The summed E-state index contributed by atoms with van der Waals surface area (Å²) in [5.41, 5.74) is 1.89. The first kappa shape index (κ1) is 10.6. The molecule has 4 nitrogen and oxygen atoms in total. The maximum absolute atomic E-state index is 4.41. The molecule has 2 aromatic heterocycles. The van der Waals surface area contributed by atoms with E-state index in [-0.39, 0.29) is 0 Å². The smallest absolute Gasteiger partial charge is 0.177 e. The van der Waals surface area contributed by atoms with E-state index in [4.69, 9.17) is 0 Å². The molecule has 0 atom stereocenters. The lowest BCUT2D eigenvalue weighted by molar-refractivity contribution is 0.643. The molecule has 0 unspecified atom stereocenters. The molecule has 0 bridgehead atoms. The second-order valence-corrected chi connectivity index (χ2v) is 4.33. The number of hydrogen-bond acceptors (Lipinski definition) is 3. The molecule has 2 heterocycles. The van der Waals surface area contributed by atoms with Gasteiger partial charge < -0.3 is 9.88 Å². The largest absolute Gasteiger partial charge is 0.326 e. The molecule has 0 radical (unpaired) electrons. The van der Waals surface area contributed by atoms with Gasteiger partial charge in [0.2, 0.25) is 0 Å². The lowest BCUT2D eigenvalue weighted by Crippen LogP contribution is -2.15. The van der Waals surface area contributed by atoms with E-state index in [0.29, 0.717) is 0 Å². The van der Waals surface area contributed by atoms with Crippen LogP contribution >= 0.6 is 15.9 Å². The molecule has 0 fully saturated rings. The van der Waals surface area contributed by atoms with Crippen LogP contribution in [0.1, 0.15) is 5.82 Å². The molecule has 2 aromatic rings. The Morgan fingerprint density at radius 2 is 2.33 bits per heavy atom. The van der Waals surface area contributed by atoms with Crippen molar-refractivity contribution in [1.29, 1.82) is 0 Å². The summed E-state index contributed by atoms with van der Waals surface area (Å²) in [5, 5.41) is 3.13. The van der Waals surface area contributed by atoms with Gasteiger partial charge in [0.15, 0.2) is 5.65 Å². The summed E-state index contributed by atoms with van der Waals surface area (Å²) >= 11 is 3.42. The molecule has 1 N–H and O–H groups in total. The van der Waals surface area contributed by atoms with E-state index in [0.717, 1.165) is 34.6 Å². The minimum atomic E-state index is 0.812. The van der Waals surface area contributed by atoms with Gasteiger partial charge in [-0.3, -0.25) is 0 Å². The summed E-state index contributed by atoms with van der Waals surface area (Å²) in [4.78, 5) is 8.68. The molecule has 5 heteroatoms. The minimum Gasteiger partial charge on any atom is -0.326 e. The van der Waals surface area contributed by atoms with Crippen LogP contribution in [0.15, 0.2) is 16.7 Å². The zero-order valence-corrected chi connectivity index (χ0v) is 10.4. The van der Waals surface area contributed by atoms with Gasteiger partial charge in [-0.2, -0.15) is 0 Å². The predicted molar refractivity (Wildman–Crippen MR) is 63.9 cm³/mol. The molecular weight excluding hydrogens is 256 g/mol. The number of aromatic nitrogens is 3. The van der Waals surface area contributed by atoms with Crippen molar-refractivity contribution in [2.45, 2.75) is 13.5 Å². The van der Waals surface area contributed by atoms with Gasteiger partial charge in [0.05, 0.1) is 5.52 Å². The summed E-state index contributed by atoms with van der Waals surface area (Å²) < 4.78 is 3.16. The molecule has 0 aromatic carbocycles. The summed E-state index contributed by atoms with van der Waals surface area (Å²) in [5.74, 6) is 1.01. The van der Waals surface area contributed by atoms with Crippen molar-refractivity contribution >= 4 is 27.1 Å². The number of halogens is 1. The van der Waals surface area contributed by atoms with Crippen LogP contribution in [0.4, 0.5) is 0 Å². The second kappa shape index (κ2) is 4.28. The topological polar surface area (TPSA) is 42.7 Å². The van der Waals surface area contributed by atoms with Crippen LogP contribution in [-0.2, 0) is 6.54 Å². The standard InChI is InChI=1S/C10H13BrN4/c1-7-14-10-9(5-8(11)6-13-10)15(7)4-3-12-2/h5-6,12H,3-4H2,1-2H3. The van der Waals surface area contributed by atoms with Crippen molar-refractivity contribution in [1.82, 2.24) is 19.9 Å². The van der Waals surface area contributed by atoms with Crippen molar-refractivity contribution in [3.05, 3.63) is 22.6 Å². The summed E-state index contributed by atoms with van der Waals surface area (Å²) in [6.45, 7) is 3.85. The number of nitrogens with one attached hydrogen (secondary N) is 1. The Balaban J connectivity index is 2.50. The predicted octanol–water partition coefficient (Wildman–Crippen LogP) is 1.72. The number of imidazole rings is 1. The summed E-state index contributed by atoms with van der Waals surface area (Å²) in [6.07, 6.45) is 1.77. The lowest BCUT2D eigenvalue weighted by Gasteiger charge is -2.05. The Morgan fingerprint density at radius 1 is 1.53 bits per heavy atom. The molecule has 0 amide bonds. The molecule has 0 aliphatic heterocycles. The van der Waals surface area contributed by atoms with Crippen molar-refractivity contribution < 1.29 is 0 Å². The lowest BCUT2D eigenvalue weighted by atomic mass is 10.4. The maximum Gasteiger partial charge on any atom is 0.177 e. The number of likely N-dealkylation sites (N-methyl/N-ethyl adjacent to an activating group) is 1. The van der Waals surface area contributed by atoms with Gasteiger partial charge in [-0.1, -0.05) is 0 Å². The van der Waals surface area contributed by atoms with E-state index >= 15 is 0 Å². The van der Waals surface area contributed by atoms with E-state index < -0.39 is 0 Å². The Labute approximate surface area is 96.8 Å². The van der Waals surface area contributed by atoms with Crippen molar-refractivity contribution in [3.63, 3.8) is 0 Å². The highest BCUT2D eigenvalue weighted by atomic mass is 79.9. The normalized spacial score (nSPS) is 11.1. The summed E-state index contributed by atoms with van der Waals surface area (Å²) in [7, 11) is 1.95. The van der Waals surface area contributed by atoms with Crippen LogP contribution in [-0.4, -0.2) is 28.1 Å². The highest BCUT2D eigenvalue weighted by Crippen LogP contribution is 2.18. The van der Waals surface area contributed by atoms with Crippen LogP contribution in [0.5, 0.6) is 0 Å². The average molecular weight is 269 g/mol. The Hall–Kier alpha value is -0.940. The zero-order chi connectivity index (χ0) is 10.8. The Bertz CT molecular complexity index is 477. The molecule has 2 rings (SSSR count). The van der Waals surface area contributed by atoms with Crippen molar-refractivity contribution in [2.24, 2.45) is 0 Å². The number of pyridine rings is 1. The van der Waals surface area contributed by atoms with Crippen LogP contribution in [0.3, 0.4) is 0 Å². The van der Waals surface area contributed by atoms with Gasteiger partial charge in [0.1, 0.15) is 5.82 Å². The number of nitrogens with zero attached hydrogens (tertiary/aromatic N) is 3. The first-order valence-corrected chi connectivity index (χ1v) is 5.64. The number of aryl methyl sites for hydroxylation is 1. The number of fused-ring (bicyclic) bond motifs is 1. The summed E-state index contributed by atoms with van der Waals surface area (Å²) in [6, 6.07) is 2.05.